The number of fused-ring (bicyclic) bond motifs is 1. The van der Waals surface area contributed by atoms with Gasteiger partial charge in [-0.3, -0.25) is 4.79 Å². The summed E-state index contributed by atoms with van der Waals surface area (Å²) >= 11 is 0. The zero-order valence-electron chi connectivity index (χ0n) is 21.3. The third-order valence-electron chi connectivity index (χ3n) is 7.59. The molecule has 1 unspecified atom stereocenters. The Bertz CT molecular complexity index is 1640. The monoisotopic (exact) mass is 544 g/mol. The fraction of sp³-hybridized carbons (Fsp3) is 0.267. The number of hydrogen-bond donors (Lipinski definition) is 2. The average molecular weight is 545 g/mol. The Morgan fingerprint density at radius 1 is 1.05 bits per heavy atom. The predicted octanol–water partition coefficient (Wildman–Crippen LogP) is 4.91. The van der Waals surface area contributed by atoms with Crippen molar-refractivity contribution >= 4 is 15.9 Å². The van der Waals surface area contributed by atoms with E-state index in [9.17, 15) is 18.3 Å². The summed E-state index contributed by atoms with van der Waals surface area (Å²) in [6.45, 7) is 1.92. The maximum atomic E-state index is 13.0. The van der Waals surface area contributed by atoms with Crippen molar-refractivity contribution in [3.8, 4) is 28.3 Å². The third-order valence-corrected chi connectivity index (χ3v) is 9.75. The Balaban J connectivity index is 1.21. The summed E-state index contributed by atoms with van der Waals surface area (Å²) in [7, 11) is -3.77. The lowest BCUT2D eigenvalue weighted by Crippen LogP contribution is -2.38. The van der Waals surface area contributed by atoms with Crippen molar-refractivity contribution < 1.29 is 27.5 Å². The number of aliphatic hydroxyl groups is 1. The number of nitrogens with zero attached hydrogens (tertiary/aromatic N) is 1. The molecule has 6 rings (SSSR count). The minimum Gasteiger partial charge on any atom is -0.493 e. The fourth-order valence-corrected chi connectivity index (χ4v) is 6.08. The molecular weight excluding hydrogens is 516 g/mol. The number of benzene rings is 3. The SMILES string of the molecule is CC1(S(=O)(=O)NC(=O)c2ccccc2-c2ccc3c(c2)OC[C@@H](Cc2coc(-c4ccccc4)n2)C3O)CC1. The molecule has 1 saturated carbocycles. The topological polar surface area (TPSA) is 119 Å². The van der Waals surface area contributed by atoms with E-state index in [1.807, 2.05) is 30.3 Å². The largest absolute Gasteiger partial charge is 0.493 e. The van der Waals surface area contributed by atoms with Gasteiger partial charge < -0.3 is 14.3 Å². The maximum absolute atomic E-state index is 13.0. The van der Waals surface area contributed by atoms with Gasteiger partial charge in [0, 0.05) is 29.0 Å². The van der Waals surface area contributed by atoms with Crippen molar-refractivity contribution in [1.29, 1.82) is 0 Å². The second-order valence-electron chi connectivity index (χ2n) is 10.4. The van der Waals surface area contributed by atoms with E-state index < -0.39 is 26.8 Å². The van der Waals surface area contributed by atoms with E-state index in [0.717, 1.165) is 11.3 Å². The first-order valence-corrected chi connectivity index (χ1v) is 14.3. The smallest absolute Gasteiger partial charge is 0.265 e. The van der Waals surface area contributed by atoms with Gasteiger partial charge in [-0.15, -0.1) is 0 Å². The highest BCUT2D eigenvalue weighted by molar-refractivity contribution is 7.91. The second-order valence-corrected chi connectivity index (χ2v) is 12.6. The lowest BCUT2D eigenvalue weighted by molar-refractivity contribution is 0.0503. The van der Waals surface area contributed by atoms with E-state index in [2.05, 4.69) is 9.71 Å². The molecule has 1 fully saturated rings. The number of amides is 1. The van der Waals surface area contributed by atoms with Crippen LogP contribution in [0.2, 0.25) is 0 Å². The number of carbonyl (C=O) groups excluding carboxylic acids is 1. The van der Waals surface area contributed by atoms with Crippen LogP contribution in [0.5, 0.6) is 5.75 Å². The quantitative estimate of drug-likeness (QED) is 0.340. The molecule has 1 aliphatic heterocycles. The summed E-state index contributed by atoms with van der Waals surface area (Å²) in [6, 6.07) is 21.8. The summed E-state index contributed by atoms with van der Waals surface area (Å²) in [6.07, 6.45) is 2.39. The minimum absolute atomic E-state index is 0.218. The van der Waals surface area contributed by atoms with Crippen LogP contribution in [0.4, 0.5) is 0 Å². The van der Waals surface area contributed by atoms with Crippen LogP contribution in [0.1, 0.15) is 47.5 Å². The number of hydrogen-bond acceptors (Lipinski definition) is 7. The van der Waals surface area contributed by atoms with E-state index in [4.69, 9.17) is 9.15 Å². The molecule has 9 heteroatoms. The van der Waals surface area contributed by atoms with Gasteiger partial charge in [-0.05, 0) is 55.2 Å². The van der Waals surface area contributed by atoms with Gasteiger partial charge in [0.05, 0.1) is 23.2 Å². The molecule has 200 valence electrons. The van der Waals surface area contributed by atoms with E-state index in [1.54, 1.807) is 55.7 Å². The lowest BCUT2D eigenvalue weighted by atomic mass is 9.88. The normalized spacial score (nSPS) is 19.5. The molecule has 1 amide bonds. The average Bonchev–Trinajstić information content (AvgIpc) is 3.55. The molecule has 0 saturated heterocycles. The van der Waals surface area contributed by atoms with Gasteiger partial charge in [0.25, 0.3) is 5.91 Å². The zero-order chi connectivity index (χ0) is 27.2. The summed E-state index contributed by atoms with van der Waals surface area (Å²) in [5, 5.41) is 11.2. The number of nitrogens with one attached hydrogen (secondary N) is 1. The van der Waals surface area contributed by atoms with Crippen LogP contribution in [0.3, 0.4) is 0 Å². The molecule has 2 heterocycles. The third kappa shape index (κ3) is 4.84. The van der Waals surface area contributed by atoms with E-state index >= 15 is 0 Å². The first-order valence-electron chi connectivity index (χ1n) is 12.8. The van der Waals surface area contributed by atoms with Crippen molar-refractivity contribution in [1.82, 2.24) is 9.71 Å². The Hall–Kier alpha value is -3.95. The number of carbonyl (C=O) groups is 1. The van der Waals surface area contributed by atoms with E-state index in [1.165, 1.54) is 0 Å². The summed E-state index contributed by atoms with van der Waals surface area (Å²) in [5.74, 6) is 0.169. The first-order chi connectivity index (χ1) is 18.7. The number of aromatic nitrogens is 1. The molecule has 2 atom stereocenters. The Kier molecular flexibility index (Phi) is 6.28. The van der Waals surface area contributed by atoms with Gasteiger partial charge in [-0.1, -0.05) is 48.5 Å². The molecule has 4 aromatic rings. The van der Waals surface area contributed by atoms with Gasteiger partial charge >= 0.3 is 0 Å². The van der Waals surface area contributed by atoms with Gasteiger partial charge in [-0.25, -0.2) is 18.1 Å². The molecule has 0 bridgehead atoms. The molecule has 1 aliphatic carbocycles. The molecule has 1 aromatic heterocycles. The van der Waals surface area contributed by atoms with Crippen molar-refractivity contribution in [2.24, 2.45) is 5.92 Å². The molecule has 2 aliphatic rings. The molecule has 8 nitrogen and oxygen atoms in total. The fourth-order valence-electron chi connectivity index (χ4n) is 4.84. The van der Waals surface area contributed by atoms with Crippen LogP contribution in [-0.2, 0) is 16.4 Å². The number of ether oxygens (including phenoxy) is 1. The van der Waals surface area contributed by atoms with Crippen LogP contribution in [0.25, 0.3) is 22.6 Å². The van der Waals surface area contributed by atoms with Gasteiger partial charge in [-0.2, -0.15) is 0 Å². The number of oxazole rings is 1. The van der Waals surface area contributed by atoms with Crippen molar-refractivity contribution in [3.63, 3.8) is 0 Å². The van der Waals surface area contributed by atoms with Gasteiger partial charge in [0.15, 0.2) is 0 Å². The van der Waals surface area contributed by atoms with E-state index in [-0.39, 0.29) is 18.1 Å². The van der Waals surface area contributed by atoms with Crippen LogP contribution in [0.15, 0.2) is 83.5 Å². The van der Waals surface area contributed by atoms with Crippen LogP contribution >= 0.6 is 0 Å². The number of sulfonamides is 1. The zero-order valence-corrected chi connectivity index (χ0v) is 22.1. The van der Waals surface area contributed by atoms with Gasteiger partial charge in [0.2, 0.25) is 15.9 Å². The minimum atomic E-state index is -3.77. The highest BCUT2D eigenvalue weighted by atomic mass is 32.2. The highest BCUT2D eigenvalue weighted by Crippen LogP contribution is 2.43. The standard InChI is InChI=1S/C30H28N2O6S/c1-30(13-14-30)39(35,36)32-28(34)24-10-6-5-9-23(24)20-11-12-25-26(16-20)37-17-21(27(25)33)15-22-18-38-29(31-22)19-7-3-2-4-8-19/h2-12,16,18,21,27,33H,13-15,17H2,1H3,(H,32,34)/t21-,27?/m1/s1. The van der Waals surface area contributed by atoms with Crippen molar-refractivity contribution in [2.45, 2.75) is 37.0 Å². The lowest BCUT2D eigenvalue weighted by Gasteiger charge is -2.30. The molecule has 3 aromatic carbocycles. The predicted molar refractivity (Wildman–Crippen MR) is 145 cm³/mol. The van der Waals surface area contributed by atoms with Crippen molar-refractivity contribution in [2.75, 3.05) is 6.61 Å². The second kappa shape index (κ2) is 9.66. The summed E-state index contributed by atoms with van der Waals surface area (Å²) < 4.78 is 38.3. The molecule has 0 radical (unpaired) electrons. The number of aliphatic hydroxyl groups excluding tert-OH is 1. The molecule has 0 spiro atoms. The first kappa shape index (κ1) is 25.3. The van der Waals surface area contributed by atoms with Gasteiger partial charge in [0.1, 0.15) is 12.0 Å². The summed E-state index contributed by atoms with van der Waals surface area (Å²) in [4.78, 5) is 17.6. The van der Waals surface area contributed by atoms with E-state index in [0.29, 0.717) is 47.6 Å². The Morgan fingerprint density at radius 3 is 2.56 bits per heavy atom. The molecule has 2 N–H and O–H groups in total. The van der Waals surface area contributed by atoms with Crippen LogP contribution in [0, 0.1) is 5.92 Å². The van der Waals surface area contributed by atoms with Crippen molar-refractivity contribution in [3.05, 3.63) is 95.9 Å². The van der Waals surface area contributed by atoms with Crippen LogP contribution in [-0.4, -0.2) is 35.8 Å². The molecule has 39 heavy (non-hydrogen) atoms. The molecular formula is C30H28N2O6S. The summed E-state index contributed by atoms with van der Waals surface area (Å²) in [5.41, 5.74) is 3.77. The maximum Gasteiger partial charge on any atom is 0.265 e. The highest BCUT2D eigenvalue weighted by Gasteiger charge is 2.51. The number of rotatable bonds is 7. The Labute approximate surface area is 226 Å². The Morgan fingerprint density at radius 2 is 1.79 bits per heavy atom. The van der Waals surface area contributed by atoms with Crippen LogP contribution < -0.4 is 9.46 Å².